The van der Waals surface area contributed by atoms with Gasteiger partial charge in [-0.1, -0.05) is 18.2 Å². The van der Waals surface area contributed by atoms with Crippen LogP contribution in [0, 0.1) is 25.5 Å². The van der Waals surface area contributed by atoms with Gasteiger partial charge in [-0.2, -0.15) is 0 Å². The molecule has 2 aromatic carbocycles. The van der Waals surface area contributed by atoms with E-state index in [1.165, 1.54) is 12.1 Å². The molecule has 0 saturated carbocycles. The van der Waals surface area contributed by atoms with Gasteiger partial charge in [-0.15, -0.1) is 10.2 Å². The Morgan fingerprint density at radius 1 is 0.923 bits per heavy atom. The molecule has 3 aromatic rings. The molecular formula is C19H16F2N4O. The number of benzene rings is 2. The lowest BCUT2D eigenvalue weighted by atomic mass is 10.1. The third kappa shape index (κ3) is 3.66. The Morgan fingerprint density at radius 2 is 1.62 bits per heavy atom. The maximum atomic E-state index is 13.6. The van der Waals surface area contributed by atoms with E-state index < -0.39 is 23.2 Å². The number of carbonyl (C=O) groups excluding carboxylic acids is 1. The van der Waals surface area contributed by atoms with Crippen LogP contribution in [0.3, 0.4) is 0 Å². The highest BCUT2D eigenvalue weighted by atomic mass is 19.1. The molecule has 7 heteroatoms. The first-order valence-corrected chi connectivity index (χ1v) is 7.88. The minimum absolute atomic E-state index is 0.0563. The van der Waals surface area contributed by atoms with Gasteiger partial charge in [0, 0.05) is 5.69 Å². The average Bonchev–Trinajstić information content (AvgIpc) is 2.63. The predicted octanol–water partition coefficient (Wildman–Crippen LogP) is 4.37. The largest absolute Gasteiger partial charge is 0.339 e. The van der Waals surface area contributed by atoms with Crippen LogP contribution in [0.2, 0.25) is 0 Å². The molecule has 5 nitrogen and oxygen atoms in total. The van der Waals surface area contributed by atoms with Crippen LogP contribution in [-0.2, 0) is 0 Å². The van der Waals surface area contributed by atoms with Crippen LogP contribution >= 0.6 is 0 Å². The maximum Gasteiger partial charge on any atom is 0.276 e. The molecule has 0 atom stereocenters. The number of carbonyl (C=O) groups is 1. The Hall–Kier alpha value is -3.35. The van der Waals surface area contributed by atoms with E-state index in [9.17, 15) is 13.6 Å². The Morgan fingerprint density at radius 3 is 2.27 bits per heavy atom. The smallest absolute Gasteiger partial charge is 0.276 e. The van der Waals surface area contributed by atoms with Gasteiger partial charge < -0.3 is 10.6 Å². The van der Waals surface area contributed by atoms with E-state index in [-0.39, 0.29) is 5.69 Å². The van der Waals surface area contributed by atoms with E-state index in [4.69, 9.17) is 0 Å². The second kappa shape index (κ2) is 7.26. The predicted molar refractivity (Wildman–Crippen MR) is 95.5 cm³/mol. The van der Waals surface area contributed by atoms with E-state index in [1.54, 1.807) is 6.07 Å². The number of aryl methyl sites for hydroxylation is 1. The normalized spacial score (nSPS) is 10.5. The van der Waals surface area contributed by atoms with E-state index in [0.717, 1.165) is 28.9 Å². The minimum Gasteiger partial charge on any atom is -0.339 e. The van der Waals surface area contributed by atoms with Gasteiger partial charge >= 0.3 is 0 Å². The molecule has 1 heterocycles. The van der Waals surface area contributed by atoms with Crippen LogP contribution in [0.4, 0.5) is 26.0 Å². The van der Waals surface area contributed by atoms with Crippen molar-refractivity contribution in [2.45, 2.75) is 13.8 Å². The number of amides is 1. The van der Waals surface area contributed by atoms with Crippen LogP contribution in [0.25, 0.3) is 0 Å². The molecule has 0 aliphatic heterocycles. The summed E-state index contributed by atoms with van der Waals surface area (Å²) in [5.41, 5.74) is 2.51. The van der Waals surface area contributed by atoms with Crippen LogP contribution in [0.15, 0.2) is 48.5 Å². The van der Waals surface area contributed by atoms with Crippen molar-refractivity contribution in [1.82, 2.24) is 10.2 Å². The second-order valence-electron chi connectivity index (χ2n) is 5.73. The van der Waals surface area contributed by atoms with Crippen molar-refractivity contribution in [2.24, 2.45) is 0 Å². The van der Waals surface area contributed by atoms with Crippen molar-refractivity contribution in [3.8, 4) is 0 Å². The van der Waals surface area contributed by atoms with Crippen molar-refractivity contribution in [1.29, 1.82) is 0 Å². The molecule has 0 spiro atoms. The van der Waals surface area contributed by atoms with Gasteiger partial charge in [0.1, 0.15) is 17.3 Å². The molecule has 1 aromatic heterocycles. The molecule has 0 saturated heterocycles. The summed E-state index contributed by atoms with van der Waals surface area (Å²) >= 11 is 0. The fourth-order valence-corrected chi connectivity index (χ4v) is 2.34. The van der Waals surface area contributed by atoms with Gasteiger partial charge in [-0.3, -0.25) is 4.79 Å². The molecule has 0 bridgehead atoms. The van der Waals surface area contributed by atoms with Crippen LogP contribution in [0.1, 0.15) is 21.6 Å². The van der Waals surface area contributed by atoms with E-state index in [2.05, 4.69) is 20.8 Å². The van der Waals surface area contributed by atoms with E-state index in [1.807, 2.05) is 32.0 Å². The lowest BCUT2D eigenvalue weighted by molar-refractivity contribution is 0.102. The number of para-hydroxylation sites is 1. The molecule has 0 fully saturated rings. The van der Waals surface area contributed by atoms with Crippen molar-refractivity contribution in [3.05, 3.63) is 77.0 Å². The monoisotopic (exact) mass is 354 g/mol. The van der Waals surface area contributed by atoms with Crippen LogP contribution in [0.5, 0.6) is 0 Å². The van der Waals surface area contributed by atoms with Gasteiger partial charge in [0.25, 0.3) is 5.91 Å². The lowest BCUT2D eigenvalue weighted by Gasteiger charge is -2.11. The van der Waals surface area contributed by atoms with Crippen molar-refractivity contribution in [3.63, 3.8) is 0 Å². The summed E-state index contributed by atoms with van der Waals surface area (Å²) in [6, 6.07) is 12.2. The summed E-state index contributed by atoms with van der Waals surface area (Å²) < 4.78 is 27.2. The lowest BCUT2D eigenvalue weighted by Crippen LogP contribution is -2.16. The Kier molecular flexibility index (Phi) is 4.88. The van der Waals surface area contributed by atoms with Crippen molar-refractivity contribution in [2.75, 3.05) is 10.6 Å². The fraction of sp³-hybridized carbons (Fsp3) is 0.105. The molecule has 0 unspecified atom stereocenters. The molecule has 1 amide bonds. The molecule has 0 aliphatic carbocycles. The number of halogens is 2. The highest BCUT2D eigenvalue weighted by Crippen LogP contribution is 2.22. The number of anilines is 3. The SMILES string of the molecule is Cc1cccc(Nc2ccc(C(=O)Nc3c(F)cccc3F)nn2)c1C. The van der Waals surface area contributed by atoms with Crippen molar-refractivity contribution >= 4 is 23.1 Å². The summed E-state index contributed by atoms with van der Waals surface area (Å²) in [4.78, 5) is 12.1. The van der Waals surface area contributed by atoms with Crippen molar-refractivity contribution < 1.29 is 13.6 Å². The summed E-state index contributed by atoms with van der Waals surface area (Å²) in [5, 5.41) is 13.0. The summed E-state index contributed by atoms with van der Waals surface area (Å²) in [6.45, 7) is 3.98. The molecule has 132 valence electrons. The minimum atomic E-state index is -0.862. The van der Waals surface area contributed by atoms with Gasteiger partial charge in [-0.25, -0.2) is 8.78 Å². The maximum absolute atomic E-state index is 13.6. The first-order chi connectivity index (χ1) is 12.5. The van der Waals surface area contributed by atoms with Gasteiger partial charge in [0.05, 0.1) is 0 Å². The third-order valence-corrected chi connectivity index (χ3v) is 3.97. The topological polar surface area (TPSA) is 66.9 Å². The zero-order valence-corrected chi connectivity index (χ0v) is 14.2. The summed E-state index contributed by atoms with van der Waals surface area (Å²) in [7, 11) is 0. The molecule has 0 radical (unpaired) electrons. The number of nitrogens with one attached hydrogen (secondary N) is 2. The summed E-state index contributed by atoms with van der Waals surface area (Å²) in [5.74, 6) is -2.02. The number of hydrogen-bond acceptors (Lipinski definition) is 4. The van der Waals surface area contributed by atoms with Crippen LogP contribution in [-0.4, -0.2) is 16.1 Å². The molecule has 3 rings (SSSR count). The highest BCUT2D eigenvalue weighted by molar-refractivity contribution is 6.02. The standard InChI is InChI=1S/C19H16F2N4O/c1-11-5-3-8-15(12(11)2)22-17-10-9-16(24-25-17)19(26)23-18-13(20)6-4-7-14(18)21/h3-10H,1-2H3,(H,22,25)(H,23,26). The quantitative estimate of drug-likeness (QED) is 0.730. The zero-order chi connectivity index (χ0) is 18.7. The first-order valence-electron chi connectivity index (χ1n) is 7.88. The van der Waals surface area contributed by atoms with Crippen LogP contribution < -0.4 is 10.6 Å². The molecule has 26 heavy (non-hydrogen) atoms. The summed E-state index contributed by atoms with van der Waals surface area (Å²) in [6.07, 6.45) is 0. The number of aromatic nitrogens is 2. The van der Waals surface area contributed by atoms with Gasteiger partial charge in [0.15, 0.2) is 11.5 Å². The Bertz CT molecular complexity index is 938. The number of hydrogen-bond donors (Lipinski definition) is 2. The Balaban J connectivity index is 1.75. The number of rotatable bonds is 4. The third-order valence-electron chi connectivity index (χ3n) is 3.97. The zero-order valence-electron chi connectivity index (χ0n) is 14.2. The molecule has 2 N–H and O–H groups in total. The first kappa shape index (κ1) is 17.5. The molecule has 0 aliphatic rings. The average molecular weight is 354 g/mol. The number of nitrogens with zero attached hydrogens (tertiary/aromatic N) is 2. The molecular weight excluding hydrogens is 338 g/mol. The van der Waals surface area contributed by atoms with Gasteiger partial charge in [0.2, 0.25) is 0 Å². The Labute approximate surface area is 149 Å². The van der Waals surface area contributed by atoms with Gasteiger partial charge in [-0.05, 0) is 55.3 Å². The second-order valence-corrected chi connectivity index (χ2v) is 5.73. The fourth-order valence-electron chi connectivity index (χ4n) is 2.34. The highest BCUT2D eigenvalue weighted by Gasteiger charge is 2.15. The van der Waals surface area contributed by atoms with E-state index >= 15 is 0 Å². The van der Waals surface area contributed by atoms with E-state index in [0.29, 0.717) is 5.82 Å².